The van der Waals surface area contributed by atoms with Crippen LogP contribution in [0.5, 0.6) is 0 Å². The zero-order valence-electron chi connectivity index (χ0n) is 14.2. The molecule has 0 amide bonds. The van der Waals surface area contributed by atoms with Crippen molar-refractivity contribution < 1.29 is 9.53 Å². The minimum absolute atomic E-state index is 0.0108. The summed E-state index contributed by atoms with van der Waals surface area (Å²) in [5, 5.41) is 9.30. The Morgan fingerprint density at radius 1 is 1.20 bits per heavy atom. The molecule has 2 heterocycles. The Balaban J connectivity index is 2.12. The number of carbonyl (C=O) groups excluding carboxylic acids is 1. The topological polar surface area (TPSA) is 68.3 Å². The summed E-state index contributed by atoms with van der Waals surface area (Å²) in [6.45, 7) is 3.95. The molecule has 0 bridgehead atoms. The fourth-order valence-electron chi connectivity index (χ4n) is 2.55. The number of halogens is 1. The average molecular weight is 357 g/mol. The molecule has 3 rings (SSSR count). The summed E-state index contributed by atoms with van der Waals surface area (Å²) in [5.41, 5.74) is 3.96. The molecule has 25 heavy (non-hydrogen) atoms. The second-order valence-corrected chi connectivity index (χ2v) is 6.09. The first-order valence-corrected chi connectivity index (χ1v) is 8.08. The molecule has 3 aromatic rings. The van der Waals surface area contributed by atoms with Crippen LogP contribution >= 0.6 is 11.6 Å². The summed E-state index contributed by atoms with van der Waals surface area (Å²) < 4.78 is 6.46. The van der Waals surface area contributed by atoms with Crippen LogP contribution in [-0.2, 0) is 16.0 Å². The van der Waals surface area contributed by atoms with Crippen LogP contribution in [0.4, 0.5) is 11.5 Å². The zero-order valence-corrected chi connectivity index (χ0v) is 14.9. The van der Waals surface area contributed by atoms with E-state index in [1.165, 1.54) is 7.11 Å². The largest absolute Gasteiger partial charge is 0.469 e. The maximum atomic E-state index is 11.7. The molecule has 0 radical (unpaired) electrons. The molecule has 0 spiro atoms. The summed E-state index contributed by atoms with van der Waals surface area (Å²) in [4.78, 5) is 16.1. The first-order valence-electron chi connectivity index (χ1n) is 7.71. The number of rotatable bonds is 4. The summed E-state index contributed by atoms with van der Waals surface area (Å²) in [6, 6.07) is 9.42. The Morgan fingerprint density at radius 3 is 2.60 bits per heavy atom. The van der Waals surface area contributed by atoms with Gasteiger partial charge in [0.1, 0.15) is 5.65 Å². The second kappa shape index (κ2) is 7.03. The van der Waals surface area contributed by atoms with Gasteiger partial charge in [0, 0.05) is 6.20 Å². The lowest BCUT2D eigenvalue weighted by atomic mass is 10.1. The summed E-state index contributed by atoms with van der Waals surface area (Å²) in [5.74, 6) is 0.0728. The van der Waals surface area contributed by atoms with Crippen molar-refractivity contribution in [1.82, 2.24) is 9.38 Å². The molecule has 7 heteroatoms. The van der Waals surface area contributed by atoms with Crippen LogP contribution < -0.4 is 0 Å². The van der Waals surface area contributed by atoms with E-state index < -0.39 is 5.97 Å². The monoisotopic (exact) mass is 356 g/mol. The summed E-state index contributed by atoms with van der Waals surface area (Å²) in [7, 11) is 1.34. The van der Waals surface area contributed by atoms with Gasteiger partial charge in [0.15, 0.2) is 5.82 Å². The van der Waals surface area contributed by atoms with Gasteiger partial charge in [-0.15, -0.1) is 10.2 Å². The van der Waals surface area contributed by atoms with E-state index in [4.69, 9.17) is 16.3 Å². The van der Waals surface area contributed by atoms with Gasteiger partial charge >= 0.3 is 5.97 Å². The standard InChI is InChI=1S/C18H17ClN4O2/c1-11-5-4-6-12(2)17(11)21-22-18-14(9-16(24)25-3)20-15-8-7-13(19)10-23(15)18/h4-8,10H,9H2,1-3H3. The Morgan fingerprint density at radius 2 is 1.92 bits per heavy atom. The summed E-state index contributed by atoms with van der Waals surface area (Å²) >= 11 is 6.09. The molecule has 6 nitrogen and oxygen atoms in total. The van der Waals surface area contributed by atoms with Crippen LogP contribution in [0.2, 0.25) is 5.02 Å². The Hall–Kier alpha value is -2.73. The lowest BCUT2D eigenvalue weighted by Gasteiger charge is -2.03. The number of benzene rings is 1. The molecule has 2 aromatic heterocycles. The Labute approximate surface area is 150 Å². The van der Waals surface area contributed by atoms with E-state index in [1.54, 1.807) is 22.7 Å². The van der Waals surface area contributed by atoms with Crippen molar-refractivity contribution >= 4 is 34.7 Å². The molecule has 0 aliphatic heterocycles. The SMILES string of the molecule is COC(=O)Cc1nc2ccc(Cl)cn2c1N=Nc1c(C)cccc1C. The highest BCUT2D eigenvalue weighted by Crippen LogP contribution is 2.29. The third kappa shape index (κ3) is 3.53. The highest BCUT2D eigenvalue weighted by atomic mass is 35.5. The van der Waals surface area contributed by atoms with Gasteiger partial charge in [-0.2, -0.15) is 0 Å². The van der Waals surface area contributed by atoms with Crippen molar-refractivity contribution in [3.63, 3.8) is 0 Å². The fraction of sp³-hybridized carbons (Fsp3) is 0.222. The van der Waals surface area contributed by atoms with Crippen LogP contribution in [0.25, 0.3) is 5.65 Å². The number of carbonyl (C=O) groups is 1. The Bertz CT molecular complexity index is 958. The molecule has 0 saturated heterocycles. The van der Waals surface area contributed by atoms with Gasteiger partial charge in [-0.3, -0.25) is 9.20 Å². The number of fused-ring (bicyclic) bond motifs is 1. The molecule has 0 aliphatic carbocycles. The van der Waals surface area contributed by atoms with Crippen LogP contribution in [0, 0.1) is 13.8 Å². The number of aryl methyl sites for hydroxylation is 2. The fourth-order valence-corrected chi connectivity index (χ4v) is 2.71. The molecular formula is C18H17ClN4O2. The van der Waals surface area contributed by atoms with Crippen molar-refractivity contribution in [2.24, 2.45) is 10.2 Å². The number of hydrogen-bond donors (Lipinski definition) is 0. The van der Waals surface area contributed by atoms with E-state index in [0.29, 0.717) is 22.2 Å². The quantitative estimate of drug-likeness (QED) is 0.501. The molecule has 0 saturated carbocycles. The van der Waals surface area contributed by atoms with Crippen molar-refractivity contribution in [2.45, 2.75) is 20.3 Å². The van der Waals surface area contributed by atoms with Gasteiger partial charge < -0.3 is 4.74 Å². The number of esters is 1. The predicted molar refractivity (Wildman–Crippen MR) is 96.0 cm³/mol. The van der Waals surface area contributed by atoms with Crippen LogP contribution in [0.15, 0.2) is 46.8 Å². The number of methoxy groups -OCH3 is 1. The van der Waals surface area contributed by atoms with Gasteiger partial charge in [-0.1, -0.05) is 29.8 Å². The molecule has 0 N–H and O–H groups in total. The smallest absolute Gasteiger partial charge is 0.311 e. The van der Waals surface area contributed by atoms with Gasteiger partial charge in [0.25, 0.3) is 0 Å². The first-order chi connectivity index (χ1) is 12.0. The lowest BCUT2D eigenvalue weighted by molar-refractivity contribution is -0.139. The molecule has 1 aromatic carbocycles. The van der Waals surface area contributed by atoms with Crippen molar-refractivity contribution in [1.29, 1.82) is 0 Å². The number of pyridine rings is 1. The maximum absolute atomic E-state index is 11.7. The molecule has 0 aliphatic rings. The van der Waals surface area contributed by atoms with Crippen molar-refractivity contribution in [3.05, 3.63) is 58.4 Å². The minimum Gasteiger partial charge on any atom is -0.469 e. The average Bonchev–Trinajstić information content (AvgIpc) is 2.91. The number of azo groups is 1. The van der Waals surface area contributed by atoms with Crippen LogP contribution in [0.3, 0.4) is 0 Å². The molecule has 128 valence electrons. The number of nitrogens with zero attached hydrogens (tertiary/aromatic N) is 4. The zero-order chi connectivity index (χ0) is 18.0. The van der Waals surface area contributed by atoms with Crippen molar-refractivity contribution in [3.8, 4) is 0 Å². The number of hydrogen-bond acceptors (Lipinski definition) is 5. The van der Waals surface area contributed by atoms with Gasteiger partial charge in [-0.05, 0) is 37.1 Å². The predicted octanol–water partition coefficient (Wildman–Crippen LogP) is 4.74. The van der Waals surface area contributed by atoms with E-state index in [2.05, 4.69) is 15.2 Å². The highest BCUT2D eigenvalue weighted by molar-refractivity contribution is 6.30. The number of imidazole rings is 1. The van der Waals surface area contributed by atoms with Gasteiger partial charge in [0.05, 0.1) is 29.9 Å². The molecular weight excluding hydrogens is 340 g/mol. The van der Waals surface area contributed by atoms with Gasteiger partial charge in [-0.25, -0.2) is 4.98 Å². The van der Waals surface area contributed by atoms with E-state index >= 15 is 0 Å². The normalized spacial score (nSPS) is 11.4. The molecule has 0 fully saturated rings. The third-order valence-electron chi connectivity index (χ3n) is 3.85. The van der Waals surface area contributed by atoms with E-state index in [9.17, 15) is 4.79 Å². The summed E-state index contributed by atoms with van der Waals surface area (Å²) in [6.07, 6.45) is 1.71. The maximum Gasteiger partial charge on any atom is 0.311 e. The van der Waals surface area contributed by atoms with E-state index in [1.807, 2.05) is 32.0 Å². The highest BCUT2D eigenvalue weighted by Gasteiger charge is 2.16. The first kappa shape index (κ1) is 17.1. The lowest BCUT2D eigenvalue weighted by Crippen LogP contribution is -2.04. The van der Waals surface area contributed by atoms with E-state index in [-0.39, 0.29) is 6.42 Å². The molecule has 0 unspecified atom stereocenters. The van der Waals surface area contributed by atoms with Crippen LogP contribution in [-0.4, -0.2) is 22.5 Å². The number of ether oxygens (including phenoxy) is 1. The van der Waals surface area contributed by atoms with Crippen molar-refractivity contribution in [2.75, 3.05) is 7.11 Å². The van der Waals surface area contributed by atoms with E-state index in [0.717, 1.165) is 16.8 Å². The second-order valence-electron chi connectivity index (χ2n) is 5.65. The minimum atomic E-state index is -0.391. The Kier molecular flexibility index (Phi) is 4.81. The van der Waals surface area contributed by atoms with Gasteiger partial charge in [0.2, 0.25) is 0 Å². The number of aromatic nitrogens is 2. The third-order valence-corrected chi connectivity index (χ3v) is 4.07. The van der Waals surface area contributed by atoms with Crippen LogP contribution in [0.1, 0.15) is 16.8 Å². The molecule has 0 atom stereocenters.